The van der Waals surface area contributed by atoms with E-state index in [0.717, 1.165) is 42.9 Å². The highest BCUT2D eigenvalue weighted by atomic mass is 16.5. The lowest BCUT2D eigenvalue weighted by Crippen LogP contribution is -2.36. The van der Waals surface area contributed by atoms with Crippen molar-refractivity contribution in [1.82, 2.24) is 4.90 Å². The van der Waals surface area contributed by atoms with Gasteiger partial charge in [-0.2, -0.15) is 0 Å². The van der Waals surface area contributed by atoms with Gasteiger partial charge in [0.05, 0.1) is 6.61 Å². The molecule has 3 heteroatoms. The van der Waals surface area contributed by atoms with Crippen molar-refractivity contribution in [3.8, 4) is 5.75 Å². The third-order valence-electron chi connectivity index (χ3n) is 3.45. The van der Waals surface area contributed by atoms with Gasteiger partial charge >= 0.3 is 0 Å². The number of hydrogen-bond acceptors (Lipinski definition) is 2. The second-order valence-electron chi connectivity index (χ2n) is 5.04. The monoisotopic (exact) mass is 247 g/mol. The third kappa shape index (κ3) is 2.50. The Kier molecular flexibility index (Phi) is 3.90. The van der Waals surface area contributed by atoms with Gasteiger partial charge in [0.2, 0.25) is 0 Å². The maximum atomic E-state index is 12.1. The van der Waals surface area contributed by atoms with E-state index in [1.807, 2.05) is 25.2 Å². The molecule has 2 rings (SSSR count). The van der Waals surface area contributed by atoms with E-state index in [4.69, 9.17) is 4.74 Å². The first-order chi connectivity index (χ1) is 8.63. The lowest BCUT2D eigenvalue weighted by atomic mass is 9.91. The van der Waals surface area contributed by atoms with E-state index in [1.165, 1.54) is 0 Å². The summed E-state index contributed by atoms with van der Waals surface area (Å²) in [5.74, 6) is 1.30. The number of carbonyl (C=O) groups is 1. The van der Waals surface area contributed by atoms with E-state index in [1.54, 1.807) is 4.90 Å². The minimum atomic E-state index is 0.101. The van der Waals surface area contributed by atoms with Gasteiger partial charge in [-0.15, -0.1) is 0 Å². The number of ether oxygens (including phenoxy) is 1. The summed E-state index contributed by atoms with van der Waals surface area (Å²) in [6, 6.07) is 5.90. The molecule has 18 heavy (non-hydrogen) atoms. The topological polar surface area (TPSA) is 29.5 Å². The summed E-state index contributed by atoms with van der Waals surface area (Å²) in [5.41, 5.74) is 1.94. The Labute approximate surface area is 109 Å². The van der Waals surface area contributed by atoms with Crippen molar-refractivity contribution >= 4 is 5.91 Å². The summed E-state index contributed by atoms with van der Waals surface area (Å²) in [6.45, 7) is 5.80. The fourth-order valence-corrected chi connectivity index (χ4v) is 2.37. The van der Waals surface area contributed by atoms with Gasteiger partial charge < -0.3 is 9.64 Å². The Morgan fingerprint density at radius 2 is 2.22 bits per heavy atom. The minimum Gasteiger partial charge on any atom is -0.494 e. The van der Waals surface area contributed by atoms with E-state index in [0.29, 0.717) is 5.92 Å². The molecule has 0 saturated heterocycles. The number of benzene rings is 1. The van der Waals surface area contributed by atoms with Crippen LogP contribution < -0.4 is 4.74 Å². The molecule has 1 atom stereocenters. The molecule has 1 aromatic carbocycles. The normalized spacial score (nSPS) is 18.7. The van der Waals surface area contributed by atoms with Crippen molar-refractivity contribution in [2.45, 2.75) is 32.6 Å². The number of unbranched alkanes of at least 4 members (excludes halogenated alkanes) is 1. The minimum absolute atomic E-state index is 0.101. The molecular formula is C15H21NO2. The quantitative estimate of drug-likeness (QED) is 0.765. The van der Waals surface area contributed by atoms with Gasteiger partial charge in [0.1, 0.15) is 5.75 Å². The predicted molar refractivity (Wildman–Crippen MR) is 72.2 cm³/mol. The molecule has 0 aromatic heterocycles. The Bertz CT molecular complexity index is 442. The van der Waals surface area contributed by atoms with Crippen LogP contribution in [0.5, 0.6) is 5.75 Å². The van der Waals surface area contributed by atoms with Crippen LogP contribution in [0.15, 0.2) is 18.2 Å². The number of fused-ring (bicyclic) bond motifs is 1. The van der Waals surface area contributed by atoms with Crippen LogP contribution in [0, 0.1) is 0 Å². The second kappa shape index (κ2) is 5.42. The molecule has 0 spiro atoms. The van der Waals surface area contributed by atoms with Crippen molar-refractivity contribution in [3.63, 3.8) is 0 Å². The Hall–Kier alpha value is -1.51. The van der Waals surface area contributed by atoms with E-state index in [9.17, 15) is 4.79 Å². The van der Waals surface area contributed by atoms with Crippen molar-refractivity contribution in [2.24, 2.45) is 0 Å². The fraction of sp³-hybridized carbons (Fsp3) is 0.533. The molecule has 0 fully saturated rings. The summed E-state index contributed by atoms with van der Waals surface area (Å²) < 4.78 is 5.66. The first-order valence-corrected chi connectivity index (χ1v) is 6.65. The average Bonchev–Trinajstić information content (AvgIpc) is 2.36. The lowest BCUT2D eigenvalue weighted by molar-refractivity contribution is 0.0767. The van der Waals surface area contributed by atoms with E-state index < -0.39 is 0 Å². The third-order valence-corrected chi connectivity index (χ3v) is 3.45. The Morgan fingerprint density at radius 3 is 2.94 bits per heavy atom. The van der Waals surface area contributed by atoms with Crippen LogP contribution in [0.1, 0.15) is 48.5 Å². The van der Waals surface area contributed by atoms with Crippen LogP contribution in [-0.4, -0.2) is 31.0 Å². The molecule has 0 bridgehead atoms. The maximum absolute atomic E-state index is 12.1. The molecule has 0 radical (unpaired) electrons. The van der Waals surface area contributed by atoms with Crippen LogP contribution in [0.4, 0.5) is 0 Å². The first-order valence-electron chi connectivity index (χ1n) is 6.65. The Morgan fingerprint density at radius 1 is 1.44 bits per heavy atom. The lowest BCUT2D eigenvalue weighted by Gasteiger charge is -2.30. The standard InChI is InChI=1S/C15H21NO2/c1-4-5-8-18-12-6-7-13-11(2)10-16(3)15(17)14(13)9-12/h6-7,9,11H,4-5,8,10H2,1-3H3. The first kappa shape index (κ1) is 12.9. The van der Waals surface area contributed by atoms with Crippen LogP contribution >= 0.6 is 0 Å². The highest BCUT2D eigenvalue weighted by Gasteiger charge is 2.26. The van der Waals surface area contributed by atoms with Gasteiger partial charge in [0.25, 0.3) is 5.91 Å². The largest absolute Gasteiger partial charge is 0.494 e. The molecule has 0 N–H and O–H groups in total. The van der Waals surface area contributed by atoms with Crippen molar-refractivity contribution < 1.29 is 9.53 Å². The zero-order chi connectivity index (χ0) is 13.1. The molecule has 98 valence electrons. The number of carbonyl (C=O) groups excluding carboxylic acids is 1. The molecule has 1 amide bonds. The highest BCUT2D eigenvalue weighted by Crippen LogP contribution is 2.30. The average molecular weight is 247 g/mol. The van der Waals surface area contributed by atoms with Gasteiger partial charge in [-0.3, -0.25) is 4.79 Å². The molecule has 0 aliphatic carbocycles. The van der Waals surface area contributed by atoms with Crippen LogP contribution in [-0.2, 0) is 0 Å². The predicted octanol–water partition coefficient (Wildman–Crippen LogP) is 3.05. The molecule has 1 aliphatic rings. The van der Waals surface area contributed by atoms with Gasteiger partial charge in [-0.1, -0.05) is 26.3 Å². The second-order valence-corrected chi connectivity index (χ2v) is 5.04. The number of likely N-dealkylation sites (N-methyl/N-ethyl adjacent to an activating group) is 1. The highest BCUT2D eigenvalue weighted by molar-refractivity contribution is 5.97. The van der Waals surface area contributed by atoms with Crippen molar-refractivity contribution in [2.75, 3.05) is 20.2 Å². The summed E-state index contributed by atoms with van der Waals surface area (Å²) in [6.07, 6.45) is 2.16. The number of amides is 1. The van der Waals surface area contributed by atoms with Gasteiger partial charge in [0, 0.05) is 19.2 Å². The molecule has 3 nitrogen and oxygen atoms in total. The van der Waals surface area contributed by atoms with Gasteiger partial charge in [0.15, 0.2) is 0 Å². The number of nitrogens with zero attached hydrogens (tertiary/aromatic N) is 1. The maximum Gasteiger partial charge on any atom is 0.254 e. The van der Waals surface area contributed by atoms with Gasteiger partial charge in [-0.05, 0) is 30.0 Å². The van der Waals surface area contributed by atoms with Crippen LogP contribution in [0.25, 0.3) is 0 Å². The molecule has 0 saturated carbocycles. The van der Waals surface area contributed by atoms with Crippen LogP contribution in [0.3, 0.4) is 0 Å². The van der Waals surface area contributed by atoms with Gasteiger partial charge in [-0.25, -0.2) is 0 Å². The Balaban J connectivity index is 2.22. The summed E-state index contributed by atoms with van der Waals surface area (Å²) >= 11 is 0. The van der Waals surface area contributed by atoms with E-state index >= 15 is 0 Å². The number of hydrogen-bond donors (Lipinski definition) is 0. The zero-order valence-electron chi connectivity index (χ0n) is 11.4. The summed E-state index contributed by atoms with van der Waals surface area (Å²) in [4.78, 5) is 13.9. The molecule has 1 aromatic rings. The summed E-state index contributed by atoms with van der Waals surface area (Å²) in [7, 11) is 1.85. The van der Waals surface area contributed by atoms with E-state index in [-0.39, 0.29) is 5.91 Å². The molecule has 1 heterocycles. The molecular weight excluding hydrogens is 226 g/mol. The number of rotatable bonds is 4. The zero-order valence-corrected chi connectivity index (χ0v) is 11.4. The summed E-state index contributed by atoms with van der Waals surface area (Å²) in [5, 5.41) is 0. The van der Waals surface area contributed by atoms with Crippen LogP contribution in [0.2, 0.25) is 0 Å². The van der Waals surface area contributed by atoms with Crippen molar-refractivity contribution in [1.29, 1.82) is 0 Å². The van der Waals surface area contributed by atoms with Crippen molar-refractivity contribution in [3.05, 3.63) is 29.3 Å². The molecule has 1 aliphatic heterocycles. The SMILES string of the molecule is CCCCOc1ccc2c(c1)C(=O)N(C)CC2C. The fourth-order valence-electron chi connectivity index (χ4n) is 2.37. The molecule has 1 unspecified atom stereocenters. The van der Waals surface area contributed by atoms with E-state index in [2.05, 4.69) is 13.8 Å². The smallest absolute Gasteiger partial charge is 0.254 e.